The van der Waals surface area contributed by atoms with Crippen LogP contribution in [0, 0.1) is 12.7 Å². The summed E-state index contributed by atoms with van der Waals surface area (Å²) in [7, 11) is 0. The number of aliphatic hydroxyl groups excluding tert-OH is 1. The zero-order valence-corrected chi connectivity index (χ0v) is 10.9. The normalized spacial score (nSPS) is 14.1. The number of hydrogen-bond acceptors (Lipinski definition) is 2. The third-order valence-corrected chi connectivity index (χ3v) is 3.32. The van der Waals surface area contributed by atoms with Gasteiger partial charge in [0.05, 0.1) is 6.10 Å². The van der Waals surface area contributed by atoms with E-state index in [2.05, 4.69) is 0 Å². The van der Waals surface area contributed by atoms with Crippen LogP contribution in [0.2, 0.25) is 0 Å². The molecule has 0 aromatic heterocycles. The van der Waals surface area contributed by atoms with E-state index in [1.807, 2.05) is 31.2 Å². The molecule has 2 unspecified atom stereocenters. The summed E-state index contributed by atoms with van der Waals surface area (Å²) in [5.74, 6) is -0.521. The lowest BCUT2D eigenvalue weighted by Crippen LogP contribution is -2.20. The summed E-state index contributed by atoms with van der Waals surface area (Å²) in [5.41, 5.74) is 8.53. The average Bonchev–Trinajstić information content (AvgIpc) is 2.41. The number of rotatable bonds is 4. The summed E-state index contributed by atoms with van der Waals surface area (Å²) in [5, 5.41) is 10.5. The molecular weight excluding hydrogens is 241 g/mol. The van der Waals surface area contributed by atoms with E-state index in [1.165, 1.54) is 12.1 Å². The number of nitrogens with two attached hydrogens (primary N) is 1. The van der Waals surface area contributed by atoms with Gasteiger partial charge >= 0.3 is 0 Å². The topological polar surface area (TPSA) is 46.2 Å². The van der Waals surface area contributed by atoms with Crippen molar-refractivity contribution in [2.75, 3.05) is 6.54 Å². The fraction of sp³-hybridized carbons (Fsp3) is 0.250. The molecule has 0 heterocycles. The second-order valence-electron chi connectivity index (χ2n) is 4.75. The van der Waals surface area contributed by atoms with E-state index >= 15 is 0 Å². The number of aliphatic hydroxyl groups is 1. The van der Waals surface area contributed by atoms with Gasteiger partial charge in [-0.3, -0.25) is 0 Å². The summed E-state index contributed by atoms with van der Waals surface area (Å²) < 4.78 is 12.9. The lowest BCUT2D eigenvalue weighted by atomic mass is 9.89. The van der Waals surface area contributed by atoms with E-state index in [-0.39, 0.29) is 11.7 Å². The van der Waals surface area contributed by atoms with Crippen molar-refractivity contribution >= 4 is 0 Å². The Morgan fingerprint density at radius 1 is 1.11 bits per heavy atom. The molecule has 0 fully saturated rings. The molecule has 2 aromatic carbocycles. The predicted octanol–water partition coefficient (Wildman–Crippen LogP) is 2.91. The second-order valence-corrected chi connectivity index (χ2v) is 4.75. The quantitative estimate of drug-likeness (QED) is 0.886. The lowest BCUT2D eigenvalue weighted by molar-refractivity contribution is 0.147. The van der Waals surface area contributed by atoms with Crippen molar-refractivity contribution in [1.29, 1.82) is 0 Å². The van der Waals surface area contributed by atoms with Gasteiger partial charge in [0, 0.05) is 12.5 Å². The number of benzene rings is 2. The molecule has 2 nitrogen and oxygen atoms in total. The molecule has 0 aliphatic rings. The Bertz CT molecular complexity index is 539. The van der Waals surface area contributed by atoms with E-state index in [1.54, 1.807) is 12.1 Å². The minimum Gasteiger partial charge on any atom is -0.388 e. The maximum atomic E-state index is 12.9. The van der Waals surface area contributed by atoms with Crippen molar-refractivity contribution in [3.05, 3.63) is 71.0 Å². The van der Waals surface area contributed by atoms with Crippen LogP contribution in [0.4, 0.5) is 4.39 Å². The molecule has 0 spiro atoms. The predicted molar refractivity (Wildman–Crippen MR) is 74.3 cm³/mol. The van der Waals surface area contributed by atoms with Crippen LogP contribution in [-0.2, 0) is 0 Å². The van der Waals surface area contributed by atoms with Gasteiger partial charge in [0.1, 0.15) is 5.82 Å². The molecule has 19 heavy (non-hydrogen) atoms. The molecule has 0 saturated heterocycles. The Morgan fingerprint density at radius 3 is 2.37 bits per heavy atom. The SMILES string of the molecule is Cc1cccc(C(O)C(CN)c2ccc(F)cc2)c1. The number of halogens is 1. The minimum absolute atomic E-state index is 0.234. The standard InChI is InChI=1S/C16H18FNO/c1-11-3-2-4-13(9-11)16(19)15(10-18)12-5-7-14(17)8-6-12/h2-9,15-16,19H,10,18H2,1H3. The lowest BCUT2D eigenvalue weighted by Gasteiger charge is -2.22. The summed E-state index contributed by atoms with van der Waals surface area (Å²) in [4.78, 5) is 0. The van der Waals surface area contributed by atoms with Gasteiger partial charge in [-0.2, -0.15) is 0 Å². The zero-order chi connectivity index (χ0) is 13.8. The van der Waals surface area contributed by atoms with Crippen LogP contribution < -0.4 is 5.73 Å². The highest BCUT2D eigenvalue weighted by Gasteiger charge is 2.21. The highest BCUT2D eigenvalue weighted by molar-refractivity contribution is 5.29. The minimum atomic E-state index is -0.685. The second kappa shape index (κ2) is 5.95. The van der Waals surface area contributed by atoms with Gasteiger partial charge in [0.25, 0.3) is 0 Å². The Kier molecular flexibility index (Phi) is 4.30. The molecule has 2 atom stereocenters. The third kappa shape index (κ3) is 3.19. The Morgan fingerprint density at radius 2 is 1.79 bits per heavy atom. The molecule has 0 radical (unpaired) electrons. The Labute approximate surface area is 112 Å². The van der Waals surface area contributed by atoms with Crippen LogP contribution in [0.3, 0.4) is 0 Å². The summed E-state index contributed by atoms with van der Waals surface area (Å²) >= 11 is 0. The first-order chi connectivity index (χ1) is 9.11. The van der Waals surface area contributed by atoms with Crippen LogP contribution in [0.5, 0.6) is 0 Å². The molecule has 3 heteroatoms. The van der Waals surface area contributed by atoms with Crippen molar-refractivity contribution in [3.63, 3.8) is 0 Å². The first kappa shape index (κ1) is 13.7. The van der Waals surface area contributed by atoms with Crippen LogP contribution in [0.1, 0.15) is 28.7 Å². The van der Waals surface area contributed by atoms with Crippen molar-refractivity contribution in [2.45, 2.75) is 18.9 Å². The monoisotopic (exact) mass is 259 g/mol. The molecule has 0 aliphatic carbocycles. The third-order valence-electron chi connectivity index (χ3n) is 3.32. The first-order valence-corrected chi connectivity index (χ1v) is 6.32. The fourth-order valence-corrected chi connectivity index (χ4v) is 2.24. The number of aryl methyl sites for hydroxylation is 1. The fourth-order valence-electron chi connectivity index (χ4n) is 2.24. The molecule has 0 amide bonds. The van der Waals surface area contributed by atoms with Gasteiger partial charge in [-0.25, -0.2) is 4.39 Å². The van der Waals surface area contributed by atoms with Crippen molar-refractivity contribution < 1.29 is 9.50 Å². The van der Waals surface area contributed by atoms with Crippen LogP contribution in [0.15, 0.2) is 48.5 Å². The van der Waals surface area contributed by atoms with E-state index in [9.17, 15) is 9.50 Å². The van der Waals surface area contributed by atoms with Crippen molar-refractivity contribution in [3.8, 4) is 0 Å². The maximum Gasteiger partial charge on any atom is 0.123 e. The van der Waals surface area contributed by atoms with Crippen molar-refractivity contribution in [2.24, 2.45) is 5.73 Å². The molecule has 0 aliphatic heterocycles. The highest BCUT2D eigenvalue weighted by Crippen LogP contribution is 2.30. The molecule has 3 N–H and O–H groups in total. The van der Waals surface area contributed by atoms with Crippen molar-refractivity contribution in [1.82, 2.24) is 0 Å². The largest absolute Gasteiger partial charge is 0.388 e. The van der Waals surface area contributed by atoms with Crippen LogP contribution >= 0.6 is 0 Å². The van der Waals surface area contributed by atoms with E-state index in [0.717, 1.165) is 16.7 Å². The van der Waals surface area contributed by atoms with Crippen LogP contribution in [-0.4, -0.2) is 11.7 Å². The molecular formula is C16H18FNO. The summed E-state index contributed by atoms with van der Waals surface area (Å²) in [6.07, 6.45) is -0.685. The van der Waals surface area contributed by atoms with Gasteiger partial charge in [0.15, 0.2) is 0 Å². The summed E-state index contributed by atoms with van der Waals surface area (Å²) in [6, 6.07) is 13.8. The van der Waals surface area contributed by atoms with Gasteiger partial charge in [-0.15, -0.1) is 0 Å². The zero-order valence-electron chi connectivity index (χ0n) is 10.9. The maximum absolute atomic E-state index is 12.9. The van der Waals surface area contributed by atoms with Gasteiger partial charge in [0.2, 0.25) is 0 Å². The number of hydrogen-bond donors (Lipinski definition) is 2. The van der Waals surface area contributed by atoms with Gasteiger partial charge in [-0.05, 0) is 30.2 Å². The smallest absolute Gasteiger partial charge is 0.123 e. The molecule has 2 aromatic rings. The molecule has 0 bridgehead atoms. The van der Waals surface area contributed by atoms with Crippen LogP contribution in [0.25, 0.3) is 0 Å². The first-order valence-electron chi connectivity index (χ1n) is 6.32. The summed E-state index contributed by atoms with van der Waals surface area (Å²) in [6.45, 7) is 2.28. The van der Waals surface area contributed by atoms with E-state index in [4.69, 9.17) is 5.73 Å². The Balaban J connectivity index is 2.28. The molecule has 0 saturated carbocycles. The van der Waals surface area contributed by atoms with E-state index in [0.29, 0.717) is 6.54 Å². The highest BCUT2D eigenvalue weighted by atomic mass is 19.1. The van der Waals surface area contributed by atoms with Gasteiger partial charge in [-0.1, -0.05) is 42.0 Å². The Hall–Kier alpha value is -1.71. The molecule has 100 valence electrons. The molecule has 2 rings (SSSR count). The van der Waals surface area contributed by atoms with Gasteiger partial charge < -0.3 is 10.8 Å². The van der Waals surface area contributed by atoms with E-state index < -0.39 is 6.10 Å². The average molecular weight is 259 g/mol.